The van der Waals surface area contributed by atoms with Crippen LogP contribution in [0.5, 0.6) is 0 Å². The first-order valence-electron chi connectivity index (χ1n) is 11.3. The van der Waals surface area contributed by atoms with Crippen molar-refractivity contribution in [3.63, 3.8) is 0 Å². The highest BCUT2D eigenvalue weighted by molar-refractivity contribution is 6.06. The minimum Gasteiger partial charge on any atom is -0.393 e. The van der Waals surface area contributed by atoms with Crippen molar-refractivity contribution in [3.05, 3.63) is 51.2 Å². The molecule has 3 aliphatic rings. The number of aliphatic hydroxyl groups excluding tert-OH is 1. The molecule has 12 nitrogen and oxygen atoms in total. The summed E-state index contributed by atoms with van der Waals surface area (Å²) in [6.45, 7) is 4.61. The van der Waals surface area contributed by atoms with E-state index in [4.69, 9.17) is 10.5 Å². The molecule has 0 bridgehead atoms. The van der Waals surface area contributed by atoms with E-state index in [1.165, 1.54) is 24.0 Å². The van der Waals surface area contributed by atoms with Gasteiger partial charge in [-0.3, -0.25) is 24.6 Å². The summed E-state index contributed by atoms with van der Waals surface area (Å²) < 4.78 is 5.07. The van der Waals surface area contributed by atoms with E-state index in [1.54, 1.807) is 0 Å². The third-order valence-electron chi connectivity index (χ3n) is 7.08. The fourth-order valence-corrected chi connectivity index (χ4v) is 5.20. The molecule has 3 N–H and O–H groups in total. The van der Waals surface area contributed by atoms with Gasteiger partial charge in [0.05, 0.1) is 34.5 Å². The van der Waals surface area contributed by atoms with Crippen LogP contribution in [0.15, 0.2) is 35.5 Å². The molecular formula is C23H26N4O8. The molecule has 1 aromatic carbocycles. The molecule has 0 saturated carbocycles. The quantitative estimate of drug-likeness (QED) is 0.179. The van der Waals surface area contributed by atoms with E-state index in [2.05, 4.69) is 0 Å². The Hall–Kier alpha value is -3.64. The van der Waals surface area contributed by atoms with Crippen LogP contribution < -0.4 is 5.73 Å². The summed E-state index contributed by atoms with van der Waals surface area (Å²) in [5, 5.41) is 20.9. The fraction of sp³-hybridized carbons (Fsp3) is 0.478. The second kappa shape index (κ2) is 9.19. The number of β-lactam (4-membered cyclic amide) rings is 1. The van der Waals surface area contributed by atoms with Crippen molar-refractivity contribution >= 4 is 29.4 Å². The van der Waals surface area contributed by atoms with Gasteiger partial charge in [-0.1, -0.05) is 6.92 Å². The van der Waals surface area contributed by atoms with E-state index in [9.17, 15) is 34.4 Å². The number of aliphatic hydroxyl groups is 1. The summed E-state index contributed by atoms with van der Waals surface area (Å²) in [4.78, 5) is 63.6. The summed E-state index contributed by atoms with van der Waals surface area (Å²) in [5.41, 5.74) is 5.68. The average Bonchev–Trinajstić information content (AvgIpc) is 3.36. The predicted molar refractivity (Wildman–Crippen MR) is 119 cm³/mol. The lowest BCUT2D eigenvalue weighted by atomic mass is 9.77. The third kappa shape index (κ3) is 4.30. The van der Waals surface area contributed by atoms with Crippen LogP contribution in [0.25, 0.3) is 0 Å². The van der Waals surface area contributed by atoms with Crippen LogP contribution in [0, 0.1) is 27.9 Å². The molecule has 5 atom stereocenters. The molecule has 1 aromatic rings. The molecule has 2 fully saturated rings. The van der Waals surface area contributed by atoms with Crippen molar-refractivity contribution in [2.24, 2.45) is 23.5 Å². The molecule has 0 spiro atoms. The number of nitro benzene ring substituents is 1. The summed E-state index contributed by atoms with van der Waals surface area (Å²) in [6.07, 6.45) is -0.340. The second-order valence-electron chi connectivity index (χ2n) is 9.23. The predicted octanol–water partition coefficient (Wildman–Crippen LogP) is 0.197. The SMILES string of the molecule is C[C@@H](O)[C@H]1C(=O)N2C(C(=O)OC(=O)c3ccc([N+](=O)[O-])cc3)=C(CN3CC[C@H](C(N)=O)C3)[C@H](C)[C@H]12. The molecule has 3 aliphatic heterocycles. The maximum atomic E-state index is 13.2. The number of amides is 2. The van der Waals surface area contributed by atoms with Crippen molar-refractivity contribution in [3.8, 4) is 0 Å². The lowest BCUT2D eigenvalue weighted by molar-refractivity contribution is -0.384. The molecule has 2 amide bonds. The zero-order valence-corrected chi connectivity index (χ0v) is 19.2. The summed E-state index contributed by atoms with van der Waals surface area (Å²) in [6, 6.07) is 4.14. The van der Waals surface area contributed by atoms with Gasteiger partial charge in [0.1, 0.15) is 5.70 Å². The minimum absolute atomic E-state index is 0.0396. The molecule has 0 unspecified atom stereocenters. The van der Waals surface area contributed by atoms with Crippen molar-refractivity contribution in [2.75, 3.05) is 19.6 Å². The Balaban J connectivity index is 1.59. The monoisotopic (exact) mass is 486 g/mol. The second-order valence-corrected chi connectivity index (χ2v) is 9.23. The number of nitro groups is 1. The summed E-state index contributed by atoms with van der Waals surface area (Å²) in [7, 11) is 0. The molecular weight excluding hydrogens is 460 g/mol. The molecule has 0 radical (unpaired) electrons. The Labute approximate surface area is 200 Å². The van der Waals surface area contributed by atoms with Crippen LogP contribution in [0.2, 0.25) is 0 Å². The number of hydrogen-bond acceptors (Lipinski definition) is 9. The number of likely N-dealkylation sites (tertiary alicyclic amines) is 1. The maximum Gasteiger partial charge on any atom is 0.362 e. The van der Waals surface area contributed by atoms with Crippen molar-refractivity contribution < 1.29 is 33.9 Å². The fourth-order valence-electron chi connectivity index (χ4n) is 5.20. The number of benzene rings is 1. The number of carbonyl (C=O) groups excluding carboxylic acids is 4. The van der Waals surface area contributed by atoms with Gasteiger partial charge in [-0.2, -0.15) is 0 Å². The molecule has 186 valence electrons. The van der Waals surface area contributed by atoms with Crippen molar-refractivity contribution in [2.45, 2.75) is 32.4 Å². The molecule has 12 heteroatoms. The van der Waals surface area contributed by atoms with E-state index >= 15 is 0 Å². The Morgan fingerprint density at radius 2 is 1.91 bits per heavy atom. The average molecular weight is 486 g/mol. The van der Waals surface area contributed by atoms with Crippen LogP contribution >= 0.6 is 0 Å². The molecule has 0 aliphatic carbocycles. The smallest absolute Gasteiger partial charge is 0.362 e. The molecule has 2 saturated heterocycles. The number of nitrogens with two attached hydrogens (primary N) is 1. The molecule has 0 aromatic heterocycles. The van der Waals surface area contributed by atoms with E-state index in [0.29, 0.717) is 25.1 Å². The number of esters is 2. The Bertz CT molecular complexity index is 1130. The lowest BCUT2D eigenvalue weighted by Crippen LogP contribution is -2.63. The van der Waals surface area contributed by atoms with Crippen LogP contribution in [-0.4, -0.2) is 75.4 Å². The number of hydrogen-bond donors (Lipinski definition) is 2. The number of rotatable bonds is 7. The van der Waals surface area contributed by atoms with Gasteiger partial charge in [-0.05, 0) is 37.6 Å². The number of ether oxygens (including phenoxy) is 1. The maximum absolute atomic E-state index is 13.2. The Morgan fingerprint density at radius 3 is 2.46 bits per heavy atom. The van der Waals surface area contributed by atoms with Gasteiger partial charge in [0.15, 0.2) is 0 Å². The van der Waals surface area contributed by atoms with Crippen molar-refractivity contribution in [1.29, 1.82) is 0 Å². The summed E-state index contributed by atoms with van der Waals surface area (Å²) >= 11 is 0. The number of carbonyl (C=O) groups is 4. The Morgan fingerprint density at radius 1 is 1.26 bits per heavy atom. The normalized spacial score (nSPS) is 26.8. The van der Waals surface area contributed by atoms with E-state index < -0.39 is 46.7 Å². The first kappa shape index (κ1) is 24.5. The Kier molecular flexibility index (Phi) is 6.43. The number of non-ortho nitro benzene ring substituents is 1. The molecule has 4 rings (SSSR count). The highest BCUT2D eigenvalue weighted by Crippen LogP contribution is 2.47. The number of fused-ring (bicyclic) bond motifs is 1. The highest BCUT2D eigenvalue weighted by Gasteiger charge is 2.60. The van der Waals surface area contributed by atoms with E-state index in [0.717, 1.165) is 12.1 Å². The largest absolute Gasteiger partial charge is 0.393 e. The first-order chi connectivity index (χ1) is 16.5. The third-order valence-corrected chi connectivity index (χ3v) is 7.08. The standard InChI is InChI=1S/C23H26N4O8/c1-11-16(10-25-8-7-14(9-25)20(24)29)19(26-18(11)17(12(2)28)21(26)30)23(32)35-22(31)13-3-5-15(6-4-13)27(33)34/h3-6,11-12,14,17-18,28H,7-10H2,1-2H3,(H2,24,29)/t11-,12+,14-,17+,18+/m0/s1. The van der Waals surface area contributed by atoms with Gasteiger partial charge in [0.25, 0.3) is 5.69 Å². The number of nitrogens with zero attached hydrogens (tertiary/aromatic N) is 3. The van der Waals surface area contributed by atoms with Crippen LogP contribution in [0.3, 0.4) is 0 Å². The van der Waals surface area contributed by atoms with Crippen LogP contribution in [0.4, 0.5) is 5.69 Å². The highest BCUT2D eigenvalue weighted by atomic mass is 16.6. The number of primary amides is 1. The lowest BCUT2D eigenvalue weighted by Gasteiger charge is -2.46. The van der Waals surface area contributed by atoms with Gasteiger partial charge in [0, 0.05) is 31.1 Å². The van der Waals surface area contributed by atoms with E-state index in [-0.39, 0.29) is 35.3 Å². The van der Waals surface area contributed by atoms with E-state index in [1.807, 2.05) is 11.8 Å². The van der Waals surface area contributed by atoms with Crippen LogP contribution in [0.1, 0.15) is 30.6 Å². The van der Waals surface area contributed by atoms with Crippen LogP contribution in [-0.2, 0) is 19.1 Å². The van der Waals surface area contributed by atoms with Gasteiger partial charge >= 0.3 is 11.9 Å². The summed E-state index contributed by atoms with van der Waals surface area (Å²) in [5.74, 6) is -4.15. The van der Waals surface area contributed by atoms with Gasteiger partial charge in [-0.25, -0.2) is 9.59 Å². The molecule has 35 heavy (non-hydrogen) atoms. The minimum atomic E-state index is -1.01. The zero-order valence-electron chi connectivity index (χ0n) is 19.2. The van der Waals surface area contributed by atoms with Gasteiger partial charge in [0.2, 0.25) is 11.8 Å². The van der Waals surface area contributed by atoms with Gasteiger partial charge < -0.3 is 20.5 Å². The topological polar surface area (TPSA) is 173 Å². The van der Waals surface area contributed by atoms with Gasteiger partial charge in [-0.15, -0.1) is 0 Å². The zero-order chi connectivity index (χ0) is 25.6. The molecule has 3 heterocycles. The first-order valence-corrected chi connectivity index (χ1v) is 11.3. The van der Waals surface area contributed by atoms with Crippen molar-refractivity contribution in [1.82, 2.24) is 9.80 Å².